The van der Waals surface area contributed by atoms with Gasteiger partial charge in [0.15, 0.2) is 0 Å². The van der Waals surface area contributed by atoms with E-state index >= 15 is 0 Å². The highest BCUT2D eigenvalue weighted by atomic mass is 16.5. The average molecular weight is 320 g/mol. The Bertz CT molecular complexity index is 860. The topological polar surface area (TPSA) is 71.1 Å². The maximum Gasteiger partial charge on any atom is 0.272 e. The first-order valence-electron chi connectivity index (χ1n) is 7.78. The summed E-state index contributed by atoms with van der Waals surface area (Å²) in [5, 5.41) is 7.10. The first-order chi connectivity index (χ1) is 11.8. The van der Waals surface area contributed by atoms with Crippen molar-refractivity contribution >= 4 is 5.91 Å². The van der Waals surface area contributed by atoms with Gasteiger partial charge in [0.05, 0.1) is 18.8 Å². The van der Waals surface area contributed by atoms with E-state index in [0.717, 1.165) is 16.8 Å². The monoisotopic (exact) mass is 320 g/mol. The lowest BCUT2D eigenvalue weighted by Gasteiger charge is -2.18. The second-order valence-corrected chi connectivity index (χ2v) is 5.58. The van der Waals surface area contributed by atoms with Crippen LogP contribution in [0.2, 0.25) is 0 Å². The van der Waals surface area contributed by atoms with E-state index in [0.29, 0.717) is 31.3 Å². The number of hydrogen-bond donors (Lipinski definition) is 1. The Labute approximate surface area is 139 Å². The van der Waals surface area contributed by atoms with Crippen LogP contribution in [-0.4, -0.2) is 39.1 Å². The lowest BCUT2D eigenvalue weighted by molar-refractivity contribution is 0.0727. The largest absolute Gasteiger partial charge is 0.476 e. The highest BCUT2D eigenvalue weighted by molar-refractivity contribution is 5.93. The van der Waals surface area contributed by atoms with Crippen molar-refractivity contribution in [1.82, 2.24) is 20.1 Å². The molecule has 0 atom stereocenters. The summed E-state index contributed by atoms with van der Waals surface area (Å²) in [5.74, 6) is 0.507. The normalized spacial score (nSPS) is 13.8. The Morgan fingerprint density at radius 2 is 2.04 bits per heavy atom. The number of H-pyrrole nitrogens is 1. The molecule has 0 saturated heterocycles. The van der Waals surface area contributed by atoms with E-state index in [1.54, 1.807) is 17.2 Å². The summed E-state index contributed by atoms with van der Waals surface area (Å²) in [6.07, 6.45) is 1.69. The van der Waals surface area contributed by atoms with Crippen molar-refractivity contribution in [3.05, 3.63) is 66.0 Å². The fourth-order valence-electron chi connectivity index (χ4n) is 2.74. The van der Waals surface area contributed by atoms with Gasteiger partial charge in [0.1, 0.15) is 12.3 Å². The SMILES string of the molecule is O=C(c1cc(-c2ccccc2)n[nH]1)N1CCOc2ncccc2C1. The summed E-state index contributed by atoms with van der Waals surface area (Å²) in [4.78, 5) is 18.7. The fraction of sp³-hybridized carbons (Fsp3) is 0.167. The molecule has 1 aliphatic rings. The molecule has 1 aromatic carbocycles. The van der Waals surface area contributed by atoms with Gasteiger partial charge in [-0.1, -0.05) is 36.4 Å². The van der Waals surface area contributed by atoms with Crippen molar-refractivity contribution in [1.29, 1.82) is 0 Å². The number of nitrogens with zero attached hydrogens (tertiary/aromatic N) is 3. The number of ether oxygens (including phenoxy) is 1. The highest BCUT2D eigenvalue weighted by Gasteiger charge is 2.23. The van der Waals surface area contributed by atoms with Gasteiger partial charge in [-0.2, -0.15) is 5.10 Å². The Morgan fingerprint density at radius 3 is 2.92 bits per heavy atom. The Hall–Kier alpha value is -3.15. The molecule has 0 spiro atoms. The molecule has 3 heterocycles. The fourth-order valence-corrected chi connectivity index (χ4v) is 2.74. The van der Waals surface area contributed by atoms with Crippen molar-refractivity contribution in [2.75, 3.05) is 13.2 Å². The second-order valence-electron chi connectivity index (χ2n) is 5.58. The number of pyridine rings is 1. The smallest absolute Gasteiger partial charge is 0.272 e. The van der Waals surface area contributed by atoms with Crippen molar-refractivity contribution in [2.45, 2.75) is 6.54 Å². The summed E-state index contributed by atoms with van der Waals surface area (Å²) in [5.41, 5.74) is 3.11. The number of aromatic amines is 1. The van der Waals surface area contributed by atoms with Gasteiger partial charge >= 0.3 is 0 Å². The molecule has 0 fully saturated rings. The predicted octanol–water partition coefficient (Wildman–Crippen LogP) is 2.51. The van der Waals surface area contributed by atoms with Crippen LogP contribution in [0.5, 0.6) is 5.88 Å². The van der Waals surface area contributed by atoms with Gasteiger partial charge in [-0.3, -0.25) is 9.89 Å². The third-order valence-corrected chi connectivity index (χ3v) is 3.98. The number of fused-ring (bicyclic) bond motifs is 1. The Kier molecular flexibility index (Phi) is 3.70. The number of amides is 1. The molecule has 0 bridgehead atoms. The van der Waals surface area contributed by atoms with Crippen LogP contribution in [0.25, 0.3) is 11.3 Å². The lowest BCUT2D eigenvalue weighted by atomic mass is 10.1. The molecule has 6 nitrogen and oxygen atoms in total. The van der Waals surface area contributed by atoms with Crippen LogP contribution < -0.4 is 4.74 Å². The summed E-state index contributed by atoms with van der Waals surface area (Å²) in [7, 11) is 0. The minimum atomic E-state index is -0.0926. The third kappa shape index (κ3) is 2.74. The molecule has 24 heavy (non-hydrogen) atoms. The van der Waals surface area contributed by atoms with Crippen molar-refractivity contribution in [3.63, 3.8) is 0 Å². The van der Waals surface area contributed by atoms with Crippen LogP contribution in [0.4, 0.5) is 0 Å². The minimum Gasteiger partial charge on any atom is -0.476 e. The molecule has 3 aromatic rings. The van der Waals surface area contributed by atoms with E-state index in [1.807, 2.05) is 42.5 Å². The van der Waals surface area contributed by atoms with Gasteiger partial charge in [0.25, 0.3) is 5.91 Å². The van der Waals surface area contributed by atoms with Gasteiger partial charge in [-0.05, 0) is 12.1 Å². The van der Waals surface area contributed by atoms with E-state index in [9.17, 15) is 4.79 Å². The standard InChI is InChI=1S/C18H16N4O2/c23-18(16-11-15(20-21-16)13-5-2-1-3-6-13)22-9-10-24-17-14(12-22)7-4-8-19-17/h1-8,11H,9-10,12H2,(H,20,21). The van der Waals surface area contributed by atoms with Gasteiger partial charge in [0.2, 0.25) is 5.88 Å². The molecular formula is C18H16N4O2. The Balaban J connectivity index is 1.57. The zero-order valence-corrected chi connectivity index (χ0v) is 13.0. The Morgan fingerprint density at radius 1 is 1.17 bits per heavy atom. The van der Waals surface area contributed by atoms with Gasteiger partial charge in [-0.15, -0.1) is 0 Å². The van der Waals surface area contributed by atoms with E-state index in [4.69, 9.17) is 4.74 Å². The number of benzene rings is 1. The van der Waals surface area contributed by atoms with Crippen LogP contribution >= 0.6 is 0 Å². The zero-order chi connectivity index (χ0) is 16.4. The first kappa shape index (κ1) is 14.4. The first-order valence-corrected chi connectivity index (χ1v) is 7.78. The third-order valence-electron chi connectivity index (χ3n) is 3.98. The number of hydrogen-bond acceptors (Lipinski definition) is 4. The molecule has 0 aliphatic carbocycles. The van der Waals surface area contributed by atoms with E-state index in [1.165, 1.54) is 0 Å². The molecule has 120 valence electrons. The number of rotatable bonds is 2. The van der Waals surface area contributed by atoms with E-state index < -0.39 is 0 Å². The lowest BCUT2D eigenvalue weighted by Crippen LogP contribution is -2.32. The van der Waals surface area contributed by atoms with Gasteiger partial charge in [-0.25, -0.2) is 4.98 Å². The van der Waals surface area contributed by atoms with Crippen molar-refractivity contribution in [2.24, 2.45) is 0 Å². The summed E-state index contributed by atoms with van der Waals surface area (Å²) < 4.78 is 5.61. The molecule has 0 unspecified atom stereocenters. The van der Waals surface area contributed by atoms with E-state index in [-0.39, 0.29) is 5.91 Å². The molecule has 0 radical (unpaired) electrons. The molecule has 2 aromatic heterocycles. The molecule has 1 N–H and O–H groups in total. The van der Waals surface area contributed by atoms with E-state index in [2.05, 4.69) is 15.2 Å². The number of carbonyl (C=O) groups excluding carboxylic acids is 1. The summed E-state index contributed by atoms with van der Waals surface area (Å²) in [6, 6.07) is 15.3. The highest BCUT2D eigenvalue weighted by Crippen LogP contribution is 2.22. The van der Waals surface area contributed by atoms with Gasteiger partial charge < -0.3 is 9.64 Å². The van der Waals surface area contributed by atoms with Crippen LogP contribution in [-0.2, 0) is 6.54 Å². The molecule has 0 saturated carbocycles. The molecule has 4 rings (SSSR count). The van der Waals surface area contributed by atoms with Crippen LogP contribution in [0.15, 0.2) is 54.7 Å². The number of nitrogens with one attached hydrogen (secondary N) is 1. The van der Waals surface area contributed by atoms with Crippen LogP contribution in [0, 0.1) is 0 Å². The molecule has 1 amide bonds. The number of aromatic nitrogens is 3. The molecule has 1 aliphatic heterocycles. The maximum atomic E-state index is 12.8. The molecule has 6 heteroatoms. The van der Waals surface area contributed by atoms with Gasteiger partial charge in [0, 0.05) is 17.3 Å². The average Bonchev–Trinajstić information content (AvgIpc) is 3.02. The maximum absolute atomic E-state index is 12.8. The summed E-state index contributed by atoms with van der Waals surface area (Å²) >= 11 is 0. The second kappa shape index (κ2) is 6.16. The van der Waals surface area contributed by atoms with Crippen molar-refractivity contribution < 1.29 is 9.53 Å². The predicted molar refractivity (Wildman–Crippen MR) is 88.5 cm³/mol. The number of carbonyl (C=O) groups is 1. The minimum absolute atomic E-state index is 0.0926. The quantitative estimate of drug-likeness (QED) is 0.787. The molecular weight excluding hydrogens is 304 g/mol. The van der Waals surface area contributed by atoms with Crippen LogP contribution in [0.3, 0.4) is 0 Å². The zero-order valence-electron chi connectivity index (χ0n) is 13.0. The van der Waals surface area contributed by atoms with Crippen molar-refractivity contribution in [3.8, 4) is 17.1 Å². The summed E-state index contributed by atoms with van der Waals surface area (Å²) in [6.45, 7) is 1.41. The van der Waals surface area contributed by atoms with Crippen LogP contribution in [0.1, 0.15) is 16.1 Å².